The summed E-state index contributed by atoms with van der Waals surface area (Å²) in [6.07, 6.45) is 5.21. The third kappa shape index (κ3) is 4.77. The number of rotatable bonds is 7. The van der Waals surface area contributed by atoms with Crippen LogP contribution in [0, 0.1) is 29.0 Å². The van der Waals surface area contributed by atoms with Crippen LogP contribution in [0.15, 0.2) is 30.5 Å². The van der Waals surface area contributed by atoms with E-state index in [0.29, 0.717) is 31.0 Å². The van der Waals surface area contributed by atoms with E-state index in [4.69, 9.17) is 5.73 Å². The van der Waals surface area contributed by atoms with E-state index in [1.807, 2.05) is 0 Å². The minimum atomic E-state index is -0.900. The number of nitrogens with zero attached hydrogens (tertiary/aromatic N) is 4. The van der Waals surface area contributed by atoms with Crippen molar-refractivity contribution in [3.63, 3.8) is 0 Å². The third-order valence-corrected chi connectivity index (χ3v) is 6.91. The molecule has 2 amide bonds. The second-order valence-electron chi connectivity index (χ2n) is 8.82. The Morgan fingerprint density at radius 2 is 2.03 bits per heavy atom. The Labute approximate surface area is 191 Å². The van der Waals surface area contributed by atoms with Gasteiger partial charge in [0.1, 0.15) is 11.4 Å². The van der Waals surface area contributed by atoms with Gasteiger partial charge in [0.2, 0.25) is 0 Å². The average molecular weight is 455 g/mol. The number of anilines is 2. The molecule has 9 nitrogen and oxygen atoms in total. The second-order valence-corrected chi connectivity index (χ2v) is 8.82. The largest absolute Gasteiger partial charge is 0.465 e. The van der Waals surface area contributed by atoms with Gasteiger partial charge in [-0.15, -0.1) is 0 Å². The van der Waals surface area contributed by atoms with Crippen molar-refractivity contribution in [1.29, 1.82) is 5.26 Å². The zero-order valence-electron chi connectivity index (χ0n) is 18.2. The number of carbonyl (C=O) groups excluding carboxylic acids is 1. The van der Waals surface area contributed by atoms with Gasteiger partial charge in [0.15, 0.2) is 5.82 Å². The fraction of sp³-hybridized carbons (Fsp3) is 0.478. The molecule has 0 spiro atoms. The normalized spacial score (nSPS) is 21.6. The number of carbonyl (C=O) groups is 2. The highest BCUT2D eigenvalue weighted by molar-refractivity contribution is 5.98. The van der Waals surface area contributed by atoms with Gasteiger partial charge < -0.3 is 21.1 Å². The summed E-state index contributed by atoms with van der Waals surface area (Å²) in [7, 11) is 0. The Kier molecular flexibility index (Phi) is 6.49. The first-order valence-electron chi connectivity index (χ1n) is 11.2. The summed E-state index contributed by atoms with van der Waals surface area (Å²) in [4.78, 5) is 25.4. The first kappa shape index (κ1) is 22.6. The van der Waals surface area contributed by atoms with Crippen molar-refractivity contribution in [3.05, 3.63) is 41.8 Å². The molecule has 2 heterocycles. The standard InChI is InChI=1S/C23H27FN6O3/c24-16-4-6-17(7-5-16)27-22-18(21(26)31)13-30(28-22)19(8-10-25)15-9-11-29(23(32)33)20(12-15)14-2-1-3-14/h4-7,13-15,19-20H,1-3,8-9,11-12H2,(H2,26,31)(H,27,28)(H,32,33). The summed E-state index contributed by atoms with van der Waals surface area (Å²) in [5.41, 5.74) is 6.28. The van der Waals surface area contributed by atoms with Crippen LogP contribution in [-0.4, -0.2) is 44.4 Å². The van der Waals surface area contributed by atoms with Crippen molar-refractivity contribution in [2.45, 2.75) is 50.6 Å². The van der Waals surface area contributed by atoms with Gasteiger partial charge in [-0.3, -0.25) is 9.48 Å². The number of carboxylic acid groups (broad SMARTS) is 1. The monoisotopic (exact) mass is 454 g/mol. The number of benzene rings is 1. The lowest BCUT2D eigenvalue weighted by Gasteiger charge is -2.46. The van der Waals surface area contributed by atoms with Crippen LogP contribution in [0.4, 0.5) is 20.7 Å². The predicted molar refractivity (Wildman–Crippen MR) is 118 cm³/mol. The third-order valence-electron chi connectivity index (χ3n) is 6.91. The summed E-state index contributed by atoms with van der Waals surface area (Å²) in [5, 5.41) is 26.7. The topological polar surface area (TPSA) is 137 Å². The Balaban J connectivity index is 1.60. The molecule has 2 aromatic rings. The molecule has 1 aliphatic carbocycles. The number of piperidine rings is 1. The summed E-state index contributed by atoms with van der Waals surface area (Å²) >= 11 is 0. The molecule has 1 aromatic carbocycles. The molecule has 3 atom stereocenters. The zero-order chi connectivity index (χ0) is 23.5. The Hall–Kier alpha value is -3.61. The first-order valence-corrected chi connectivity index (χ1v) is 11.2. The molecule has 0 radical (unpaired) electrons. The van der Waals surface area contributed by atoms with Gasteiger partial charge in [0.25, 0.3) is 5.91 Å². The van der Waals surface area contributed by atoms with Crippen LogP contribution in [-0.2, 0) is 0 Å². The van der Waals surface area contributed by atoms with E-state index in [2.05, 4.69) is 16.5 Å². The van der Waals surface area contributed by atoms with E-state index in [-0.39, 0.29) is 41.6 Å². The number of halogens is 1. The molecular formula is C23H27FN6O3. The maximum absolute atomic E-state index is 13.2. The number of primary amides is 1. The smallest absolute Gasteiger partial charge is 0.407 e. The summed E-state index contributed by atoms with van der Waals surface area (Å²) in [5.74, 6) is -0.444. The van der Waals surface area contributed by atoms with E-state index < -0.39 is 12.0 Å². The van der Waals surface area contributed by atoms with E-state index >= 15 is 0 Å². The molecule has 1 saturated carbocycles. The van der Waals surface area contributed by atoms with Gasteiger partial charge in [-0.25, -0.2) is 9.18 Å². The van der Waals surface area contributed by atoms with Crippen molar-refractivity contribution < 1.29 is 19.1 Å². The number of nitrogens with two attached hydrogens (primary N) is 1. The maximum Gasteiger partial charge on any atom is 0.407 e. The van der Waals surface area contributed by atoms with Crippen LogP contribution in [0.5, 0.6) is 0 Å². The Morgan fingerprint density at radius 1 is 1.30 bits per heavy atom. The summed E-state index contributed by atoms with van der Waals surface area (Å²) in [6, 6.07) is 7.45. The molecule has 3 unspecified atom stereocenters. The first-order chi connectivity index (χ1) is 15.9. The fourth-order valence-corrected chi connectivity index (χ4v) is 4.96. The van der Waals surface area contributed by atoms with Crippen LogP contribution in [0.3, 0.4) is 0 Å². The molecule has 1 saturated heterocycles. The quantitative estimate of drug-likeness (QED) is 0.581. The summed E-state index contributed by atoms with van der Waals surface area (Å²) in [6.45, 7) is 0.410. The van der Waals surface area contributed by atoms with Crippen LogP contribution >= 0.6 is 0 Å². The lowest BCUT2D eigenvalue weighted by atomic mass is 9.72. The SMILES string of the molecule is N#CCC(C1CCN(C(=O)O)C(C2CCC2)C1)n1cc(C(N)=O)c(Nc2ccc(F)cc2)n1. The number of nitriles is 1. The van der Waals surface area contributed by atoms with E-state index in [1.54, 1.807) is 9.58 Å². The summed E-state index contributed by atoms with van der Waals surface area (Å²) < 4.78 is 14.8. The van der Waals surface area contributed by atoms with Gasteiger partial charge in [0.05, 0.1) is 18.5 Å². The van der Waals surface area contributed by atoms with Gasteiger partial charge in [-0.1, -0.05) is 6.42 Å². The van der Waals surface area contributed by atoms with E-state index in [0.717, 1.165) is 19.3 Å². The van der Waals surface area contributed by atoms with Crippen molar-refractivity contribution in [3.8, 4) is 6.07 Å². The van der Waals surface area contributed by atoms with Gasteiger partial charge >= 0.3 is 6.09 Å². The van der Waals surface area contributed by atoms with E-state index in [1.165, 1.54) is 30.5 Å². The molecule has 174 valence electrons. The highest BCUT2D eigenvalue weighted by Gasteiger charge is 2.41. The molecule has 2 aliphatic rings. The molecule has 1 aromatic heterocycles. The number of nitrogens with one attached hydrogen (secondary N) is 1. The molecule has 4 rings (SSSR count). The van der Waals surface area contributed by atoms with Crippen LogP contribution in [0.1, 0.15) is 54.9 Å². The minimum Gasteiger partial charge on any atom is -0.465 e. The molecule has 33 heavy (non-hydrogen) atoms. The number of hydrogen-bond donors (Lipinski definition) is 3. The second kappa shape index (κ2) is 9.48. The van der Waals surface area contributed by atoms with Crippen molar-refractivity contribution >= 4 is 23.5 Å². The lowest BCUT2D eigenvalue weighted by Crippen LogP contribution is -2.51. The molecule has 2 fully saturated rings. The number of hydrogen-bond acceptors (Lipinski definition) is 5. The van der Waals surface area contributed by atoms with Crippen LogP contribution < -0.4 is 11.1 Å². The molecule has 0 bridgehead atoms. The van der Waals surface area contributed by atoms with Crippen LogP contribution in [0.25, 0.3) is 0 Å². The Bertz CT molecular complexity index is 1060. The lowest BCUT2D eigenvalue weighted by molar-refractivity contribution is 0.0295. The van der Waals surface area contributed by atoms with Crippen molar-refractivity contribution in [2.24, 2.45) is 17.6 Å². The number of amides is 2. The van der Waals surface area contributed by atoms with Crippen molar-refractivity contribution in [1.82, 2.24) is 14.7 Å². The predicted octanol–water partition coefficient (Wildman–Crippen LogP) is 3.88. The molecular weight excluding hydrogens is 427 g/mol. The highest BCUT2D eigenvalue weighted by Crippen LogP contribution is 2.42. The van der Waals surface area contributed by atoms with Crippen molar-refractivity contribution in [2.75, 3.05) is 11.9 Å². The average Bonchev–Trinajstić information content (AvgIpc) is 3.16. The van der Waals surface area contributed by atoms with Gasteiger partial charge in [-0.05, 0) is 61.8 Å². The molecule has 4 N–H and O–H groups in total. The van der Waals surface area contributed by atoms with Gasteiger partial charge in [0, 0.05) is 24.5 Å². The Morgan fingerprint density at radius 3 is 2.61 bits per heavy atom. The fourth-order valence-electron chi connectivity index (χ4n) is 4.96. The number of aromatic nitrogens is 2. The van der Waals surface area contributed by atoms with E-state index in [9.17, 15) is 24.3 Å². The molecule has 1 aliphatic heterocycles. The molecule has 10 heteroatoms. The van der Waals surface area contributed by atoms with Gasteiger partial charge in [-0.2, -0.15) is 10.4 Å². The van der Waals surface area contributed by atoms with Crippen LogP contribution in [0.2, 0.25) is 0 Å². The minimum absolute atomic E-state index is 0.0325. The highest BCUT2D eigenvalue weighted by atomic mass is 19.1. The number of likely N-dealkylation sites (tertiary alicyclic amines) is 1. The maximum atomic E-state index is 13.2. The zero-order valence-corrected chi connectivity index (χ0v) is 18.2.